The summed E-state index contributed by atoms with van der Waals surface area (Å²) in [4.78, 5) is 41.0. The van der Waals surface area contributed by atoms with Crippen LogP contribution in [0.1, 0.15) is 17.5 Å². The topological polar surface area (TPSA) is 93.8 Å². The van der Waals surface area contributed by atoms with E-state index in [1.54, 1.807) is 0 Å². The number of urea groups is 1. The molecule has 2 fully saturated rings. The quantitative estimate of drug-likeness (QED) is 0.601. The molecule has 0 radical (unpaired) electrons. The lowest BCUT2D eigenvalue weighted by molar-refractivity contribution is -0.135. The lowest BCUT2D eigenvalue weighted by atomic mass is 9.92. The van der Waals surface area contributed by atoms with Gasteiger partial charge in [-0.05, 0) is 24.0 Å². The third-order valence-electron chi connectivity index (χ3n) is 5.68. The molecule has 8 nitrogen and oxygen atoms in total. The molecular formula is C19H25N5O3. The van der Waals surface area contributed by atoms with Crippen LogP contribution in [0.15, 0.2) is 24.3 Å². The van der Waals surface area contributed by atoms with E-state index in [0.29, 0.717) is 13.0 Å². The van der Waals surface area contributed by atoms with Gasteiger partial charge in [0.2, 0.25) is 5.91 Å². The van der Waals surface area contributed by atoms with Gasteiger partial charge < -0.3 is 16.0 Å². The molecule has 0 bridgehead atoms. The number of carbonyl (C=O) groups is 3. The standard InChI is InChI=1S/C19H25N5O3/c25-16(21-9-12-23-10-7-20-8-11-23)13-24-17(26)19(22-18(24)27)6-5-14-3-1-2-4-15(14)19/h1-4,20H,5-13H2,(H,21,25)(H,22,27). The Morgan fingerprint density at radius 3 is 2.78 bits per heavy atom. The number of aryl methyl sites for hydroxylation is 1. The SMILES string of the molecule is O=C(CN1C(=O)NC2(CCc3ccccc32)C1=O)NCCN1CCNCC1. The number of rotatable bonds is 5. The van der Waals surface area contributed by atoms with Crippen molar-refractivity contribution in [2.75, 3.05) is 45.8 Å². The van der Waals surface area contributed by atoms with Gasteiger partial charge in [0.15, 0.2) is 0 Å². The van der Waals surface area contributed by atoms with Crippen LogP contribution in [0.25, 0.3) is 0 Å². The minimum atomic E-state index is -1.01. The number of benzene rings is 1. The van der Waals surface area contributed by atoms with Gasteiger partial charge in [0, 0.05) is 39.3 Å². The minimum absolute atomic E-state index is 0.240. The first-order valence-corrected chi connectivity index (χ1v) is 9.52. The Hall–Kier alpha value is -2.45. The number of hydrogen-bond donors (Lipinski definition) is 3. The summed E-state index contributed by atoms with van der Waals surface area (Å²) in [6, 6.07) is 7.18. The van der Waals surface area contributed by atoms with E-state index >= 15 is 0 Å². The zero-order valence-electron chi connectivity index (χ0n) is 15.3. The van der Waals surface area contributed by atoms with Gasteiger partial charge in [-0.2, -0.15) is 0 Å². The van der Waals surface area contributed by atoms with E-state index < -0.39 is 11.6 Å². The van der Waals surface area contributed by atoms with Crippen molar-refractivity contribution in [2.45, 2.75) is 18.4 Å². The second-order valence-electron chi connectivity index (χ2n) is 7.33. The van der Waals surface area contributed by atoms with Gasteiger partial charge in [-0.1, -0.05) is 24.3 Å². The third-order valence-corrected chi connectivity index (χ3v) is 5.68. The first-order valence-electron chi connectivity index (χ1n) is 9.52. The third kappa shape index (κ3) is 3.30. The largest absolute Gasteiger partial charge is 0.353 e. The van der Waals surface area contributed by atoms with E-state index in [-0.39, 0.29) is 18.4 Å². The van der Waals surface area contributed by atoms with Crippen LogP contribution >= 0.6 is 0 Å². The normalized spacial score (nSPS) is 25.0. The number of hydrogen-bond acceptors (Lipinski definition) is 5. The van der Waals surface area contributed by atoms with Crippen LogP contribution in [0.5, 0.6) is 0 Å². The number of fused-ring (bicyclic) bond motifs is 2. The Morgan fingerprint density at radius 1 is 1.19 bits per heavy atom. The van der Waals surface area contributed by atoms with Crippen molar-refractivity contribution in [3.8, 4) is 0 Å². The molecule has 2 saturated heterocycles. The molecule has 4 rings (SSSR count). The zero-order valence-corrected chi connectivity index (χ0v) is 15.3. The van der Waals surface area contributed by atoms with E-state index in [1.807, 2.05) is 24.3 Å². The lowest BCUT2D eigenvalue weighted by Gasteiger charge is -2.27. The number of imide groups is 1. The summed E-state index contributed by atoms with van der Waals surface area (Å²) >= 11 is 0. The fourth-order valence-electron chi connectivity index (χ4n) is 4.22. The second kappa shape index (κ2) is 7.28. The van der Waals surface area contributed by atoms with Crippen molar-refractivity contribution in [3.05, 3.63) is 35.4 Å². The Kier molecular flexibility index (Phi) is 4.84. The molecule has 1 aliphatic carbocycles. The zero-order chi connectivity index (χ0) is 18.9. The lowest BCUT2D eigenvalue weighted by Crippen LogP contribution is -2.47. The monoisotopic (exact) mass is 371 g/mol. The number of amides is 4. The van der Waals surface area contributed by atoms with Crippen molar-refractivity contribution in [1.29, 1.82) is 0 Å². The van der Waals surface area contributed by atoms with Gasteiger partial charge >= 0.3 is 6.03 Å². The summed E-state index contributed by atoms with van der Waals surface area (Å²) in [5.41, 5.74) is 0.924. The maximum Gasteiger partial charge on any atom is 0.325 e. The molecule has 1 unspecified atom stereocenters. The van der Waals surface area contributed by atoms with Crippen molar-refractivity contribution in [3.63, 3.8) is 0 Å². The summed E-state index contributed by atoms with van der Waals surface area (Å²) in [5.74, 6) is -0.633. The molecule has 3 N–H and O–H groups in total. The summed E-state index contributed by atoms with van der Waals surface area (Å²) in [6.07, 6.45) is 1.28. The van der Waals surface area contributed by atoms with Gasteiger partial charge in [-0.25, -0.2) is 4.79 Å². The van der Waals surface area contributed by atoms with Gasteiger partial charge in [0.05, 0.1) is 0 Å². The number of nitrogens with zero attached hydrogens (tertiary/aromatic N) is 2. The molecule has 1 spiro atoms. The molecule has 0 aromatic heterocycles. The molecule has 8 heteroatoms. The highest BCUT2D eigenvalue weighted by Gasteiger charge is 2.55. The van der Waals surface area contributed by atoms with Crippen LogP contribution in [-0.2, 0) is 21.5 Å². The first-order chi connectivity index (χ1) is 13.1. The number of nitrogens with one attached hydrogen (secondary N) is 3. The van der Waals surface area contributed by atoms with Gasteiger partial charge in [-0.3, -0.25) is 19.4 Å². The summed E-state index contributed by atoms with van der Waals surface area (Å²) in [7, 11) is 0. The van der Waals surface area contributed by atoms with E-state index in [0.717, 1.165) is 55.2 Å². The van der Waals surface area contributed by atoms with E-state index in [4.69, 9.17) is 0 Å². The molecule has 27 heavy (non-hydrogen) atoms. The number of carbonyl (C=O) groups excluding carboxylic acids is 3. The fraction of sp³-hybridized carbons (Fsp3) is 0.526. The average molecular weight is 371 g/mol. The summed E-state index contributed by atoms with van der Waals surface area (Å²) in [6.45, 7) is 4.88. The smallest absolute Gasteiger partial charge is 0.325 e. The molecule has 3 aliphatic rings. The molecule has 0 saturated carbocycles. The predicted octanol–water partition coefficient (Wildman–Crippen LogP) is -0.599. The summed E-state index contributed by atoms with van der Waals surface area (Å²) < 4.78 is 0. The summed E-state index contributed by atoms with van der Waals surface area (Å²) in [5, 5.41) is 8.95. The van der Waals surface area contributed by atoms with Crippen LogP contribution in [0.3, 0.4) is 0 Å². The Morgan fingerprint density at radius 2 is 1.96 bits per heavy atom. The minimum Gasteiger partial charge on any atom is -0.353 e. The fourth-order valence-corrected chi connectivity index (χ4v) is 4.22. The van der Waals surface area contributed by atoms with Gasteiger partial charge in [0.25, 0.3) is 5.91 Å². The van der Waals surface area contributed by atoms with Crippen molar-refractivity contribution >= 4 is 17.8 Å². The molecule has 2 heterocycles. The van der Waals surface area contributed by atoms with Gasteiger partial charge in [-0.15, -0.1) is 0 Å². The maximum atomic E-state index is 13.0. The second-order valence-corrected chi connectivity index (χ2v) is 7.33. The van der Waals surface area contributed by atoms with Crippen molar-refractivity contribution in [1.82, 2.24) is 25.8 Å². The molecule has 1 aromatic carbocycles. The average Bonchev–Trinajstić information content (AvgIpc) is 3.16. The van der Waals surface area contributed by atoms with E-state index in [9.17, 15) is 14.4 Å². The van der Waals surface area contributed by atoms with E-state index in [2.05, 4.69) is 20.9 Å². The van der Waals surface area contributed by atoms with Crippen LogP contribution in [0, 0.1) is 0 Å². The molecule has 4 amide bonds. The molecule has 2 aliphatic heterocycles. The molecule has 1 aromatic rings. The highest BCUT2D eigenvalue weighted by Crippen LogP contribution is 2.41. The Bertz CT molecular complexity index is 761. The van der Waals surface area contributed by atoms with E-state index in [1.165, 1.54) is 0 Å². The first kappa shape index (κ1) is 17.9. The Labute approximate surface area is 158 Å². The van der Waals surface area contributed by atoms with Crippen molar-refractivity contribution in [2.24, 2.45) is 0 Å². The maximum absolute atomic E-state index is 13.0. The highest BCUT2D eigenvalue weighted by atomic mass is 16.2. The van der Waals surface area contributed by atoms with Crippen LogP contribution in [-0.4, -0.2) is 73.5 Å². The van der Waals surface area contributed by atoms with Crippen LogP contribution < -0.4 is 16.0 Å². The predicted molar refractivity (Wildman–Crippen MR) is 99.0 cm³/mol. The van der Waals surface area contributed by atoms with Crippen molar-refractivity contribution < 1.29 is 14.4 Å². The Balaban J connectivity index is 1.35. The highest BCUT2D eigenvalue weighted by molar-refractivity contribution is 6.09. The molecule has 1 atom stereocenters. The van der Waals surface area contributed by atoms with Gasteiger partial charge in [0.1, 0.15) is 12.1 Å². The number of piperazine rings is 1. The molecule has 144 valence electrons. The molecular weight excluding hydrogens is 346 g/mol. The van der Waals surface area contributed by atoms with Crippen LogP contribution in [0.4, 0.5) is 4.79 Å². The van der Waals surface area contributed by atoms with Crippen LogP contribution in [0.2, 0.25) is 0 Å².